The molecular weight excluding hydrogens is 170 g/mol. The first-order chi connectivity index (χ1) is 5.49. The molecule has 2 heteroatoms. The first kappa shape index (κ1) is 10.1. The Balaban J connectivity index is 2.31. The Morgan fingerprint density at radius 2 is 1.92 bits per heavy atom. The molecule has 1 aliphatic heterocycles. The second-order valence-electron chi connectivity index (χ2n) is 4.46. The second kappa shape index (κ2) is 3.80. The van der Waals surface area contributed by atoms with Crippen LogP contribution in [0.4, 0.5) is 0 Å². The molecule has 0 aromatic rings. The molecule has 0 spiro atoms. The van der Waals surface area contributed by atoms with E-state index >= 15 is 0 Å². The van der Waals surface area contributed by atoms with E-state index in [1.165, 1.54) is 25.9 Å². The summed E-state index contributed by atoms with van der Waals surface area (Å²) in [5.41, 5.74) is 0.532. The van der Waals surface area contributed by atoms with Gasteiger partial charge in [-0.1, -0.05) is 32.0 Å². The van der Waals surface area contributed by atoms with Gasteiger partial charge < -0.3 is 0 Å². The highest BCUT2D eigenvalue weighted by molar-refractivity contribution is 6.29. The molecule has 0 aliphatic carbocycles. The molecule has 0 aromatic heterocycles. The lowest BCUT2D eigenvalue weighted by atomic mass is 9.83. The van der Waals surface area contributed by atoms with E-state index in [1.807, 2.05) is 0 Å². The molecule has 0 bridgehead atoms. The van der Waals surface area contributed by atoms with E-state index in [9.17, 15) is 0 Å². The highest BCUT2D eigenvalue weighted by Gasteiger charge is 2.24. The van der Waals surface area contributed by atoms with Crippen molar-refractivity contribution in [1.29, 1.82) is 0 Å². The Bertz CT molecular complexity index is 165. The zero-order chi connectivity index (χ0) is 9.19. The molecule has 0 saturated carbocycles. The zero-order valence-corrected chi connectivity index (χ0v) is 8.82. The minimum absolute atomic E-state index is 0.532. The lowest BCUT2D eigenvalue weighted by Crippen LogP contribution is -2.37. The molecule has 0 aromatic carbocycles. The molecule has 1 heterocycles. The van der Waals surface area contributed by atoms with Crippen molar-refractivity contribution < 1.29 is 0 Å². The third kappa shape index (κ3) is 3.16. The van der Waals surface area contributed by atoms with Gasteiger partial charge in [-0.3, -0.25) is 4.90 Å². The topological polar surface area (TPSA) is 3.24 Å². The van der Waals surface area contributed by atoms with Crippen LogP contribution in [0.25, 0.3) is 0 Å². The number of rotatable bonds is 2. The Kier molecular flexibility index (Phi) is 3.19. The first-order valence-corrected chi connectivity index (χ1v) is 4.93. The molecule has 1 fully saturated rings. The van der Waals surface area contributed by atoms with E-state index in [1.54, 1.807) is 0 Å². The van der Waals surface area contributed by atoms with Gasteiger partial charge in [0.25, 0.3) is 0 Å². The van der Waals surface area contributed by atoms with Crippen molar-refractivity contribution >= 4 is 11.6 Å². The average molecular weight is 188 g/mol. The summed E-state index contributed by atoms with van der Waals surface area (Å²) in [5, 5.41) is 0.759. The van der Waals surface area contributed by atoms with Gasteiger partial charge in [-0.25, -0.2) is 0 Å². The Labute approximate surface area is 80.4 Å². The predicted molar refractivity (Wildman–Crippen MR) is 54.4 cm³/mol. The van der Waals surface area contributed by atoms with Gasteiger partial charge in [0, 0.05) is 11.6 Å². The molecule has 0 unspecified atom stereocenters. The van der Waals surface area contributed by atoms with Crippen LogP contribution in [0.15, 0.2) is 11.6 Å². The maximum absolute atomic E-state index is 5.75. The molecule has 70 valence electrons. The van der Waals surface area contributed by atoms with E-state index in [-0.39, 0.29) is 0 Å². The fourth-order valence-corrected chi connectivity index (χ4v) is 1.73. The summed E-state index contributed by atoms with van der Waals surface area (Å²) in [6.45, 7) is 11.6. The van der Waals surface area contributed by atoms with Crippen molar-refractivity contribution in [2.45, 2.75) is 26.7 Å². The largest absolute Gasteiger partial charge is 0.298 e. The van der Waals surface area contributed by atoms with Crippen LogP contribution in [0.5, 0.6) is 0 Å². The number of hydrogen-bond donors (Lipinski definition) is 0. The van der Waals surface area contributed by atoms with Crippen molar-refractivity contribution in [2.75, 3.05) is 19.6 Å². The Morgan fingerprint density at radius 3 is 2.33 bits per heavy atom. The highest BCUT2D eigenvalue weighted by atomic mass is 35.5. The van der Waals surface area contributed by atoms with E-state index in [0.29, 0.717) is 5.41 Å². The molecule has 1 nitrogen and oxygen atoms in total. The van der Waals surface area contributed by atoms with Crippen molar-refractivity contribution in [1.82, 2.24) is 4.90 Å². The average Bonchev–Trinajstić information content (AvgIpc) is 1.93. The van der Waals surface area contributed by atoms with E-state index in [0.717, 1.165) is 11.6 Å². The number of hydrogen-bond acceptors (Lipinski definition) is 1. The Hall–Kier alpha value is -0.0100. The van der Waals surface area contributed by atoms with Gasteiger partial charge in [-0.05, 0) is 31.3 Å². The number of likely N-dealkylation sites (tertiary alicyclic amines) is 1. The quantitative estimate of drug-likeness (QED) is 0.643. The van der Waals surface area contributed by atoms with Gasteiger partial charge in [0.1, 0.15) is 0 Å². The molecular formula is C10H18ClN. The first-order valence-electron chi connectivity index (χ1n) is 4.55. The van der Waals surface area contributed by atoms with Crippen LogP contribution >= 0.6 is 11.6 Å². The second-order valence-corrected chi connectivity index (χ2v) is 4.99. The van der Waals surface area contributed by atoms with Gasteiger partial charge in [0.2, 0.25) is 0 Å². The summed E-state index contributed by atoms with van der Waals surface area (Å²) in [5.74, 6) is 0. The highest BCUT2D eigenvalue weighted by Crippen LogP contribution is 2.29. The van der Waals surface area contributed by atoms with Crippen LogP contribution in [0.1, 0.15) is 26.7 Å². The third-order valence-corrected chi connectivity index (χ3v) is 2.72. The normalized spacial score (nSPS) is 23.9. The lowest BCUT2D eigenvalue weighted by molar-refractivity contribution is 0.143. The number of nitrogens with zero attached hydrogens (tertiary/aromatic N) is 1. The van der Waals surface area contributed by atoms with Gasteiger partial charge in [0.15, 0.2) is 0 Å². The number of piperidine rings is 1. The zero-order valence-electron chi connectivity index (χ0n) is 8.07. The molecule has 0 N–H and O–H groups in total. The maximum Gasteiger partial charge on any atom is 0.0335 e. The van der Waals surface area contributed by atoms with Gasteiger partial charge in [-0.15, -0.1) is 0 Å². The standard InChI is InChI=1S/C10H18ClN/c1-9(11)8-12-6-4-10(2,3)5-7-12/h1,4-8H2,2-3H3. The summed E-state index contributed by atoms with van der Waals surface area (Å²) in [6.07, 6.45) is 2.55. The van der Waals surface area contributed by atoms with Crippen molar-refractivity contribution in [3.63, 3.8) is 0 Å². The van der Waals surface area contributed by atoms with Crippen LogP contribution in [0.3, 0.4) is 0 Å². The van der Waals surface area contributed by atoms with Crippen molar-refractivity contribution in [2.24, 2.45) is 5.41 Å². The summed E-state index contributed by atoms with van der Waals surface area (Å²) in [7, 11) is 0. The van der Waals surface area contributed by atoms with Crippen LogP contribution < -0.4 is 0 Å². The SMILES string of the molecule is C=C(Cl)CN1CCC(C)(C)CC1. The van der Waals surface area contributed by atoms with Crippen molar-refractivity contribution in [3.05, 3.63) is 11.6 Å². The predicted octanol–water partition coefficient (Wildman–Crippen LogP) is 2.86. The van der Waals surface area contributed by atoms with Crippen LogP contribution in [-0.2, 0) is 0 Å². The molecule has 1 aliphatic rings. The van der Waals surface area contributed by atoms with E-state index < -0.39 is 0 Å². The lowest BCUT2D eigenvalue weighted by Gasteiger charge is -2.36. The molecule has 0 amide bonds. The van der Waals surface area contributed by atoms with Crippen molar-refractivity contribution in [3.8, 4) is 0 Å². The van der Waals surface area contributed by atoms with Gasteiger partial charge in [0.05, 0.1) is 0 Å². The maximum atomic E-state index is 5.75. The molecule has 0 atom stereocenters. The van der Waals surface area contributed by atoms with Crippen LogP contribution in [0.2, 0.25) is 0 Å². The van der Waals surface area contributed by atoms with Crippen LogP contribution in [0, 0.1) is 5.41 Å². The minimum atomic E-state index is 0.532. The summed E-state index contributed by atoms with van der Waals surface area (Å²) in [4.78, 5) is 2.38. The van der Waals surface area contributed by atoms with E-state index in [2.05, 4.69) is 25.3 Å². The summed E-state index contributed by atoms with van der Waals surface area (Å²) >= 11 is 5.75. The van der Waals surface area contributed by atoms with Crippen LogP contribution in [-0.4, -0.2) is 24.5 Å². The third-order valence-electron chi connectivity index (χ3n) is 2.60. The molecule has 1 saturated heterocycles. The molecule has 1 rings (SSSR count). The fraction of sp³-hybridized carbons (Fsp3) is 0.800. The number of halogens is 1. The molecule has 12 heavy (non-hydrogen) atoms. The molecule has 0 radical (unpaired) electrons. The minimum Gasteiger partial charge on any atom is -0.298 e. The van der Waals surface area contributed by atoms with E-state index in [4.69, 9.17) is 11.6 Å². The fourth-order valence-electron chi connectivity index (χ4n) is 1.56. The van der Waals surface area contributed by atoms with Gasteiger partial charge in [-0.2, -0.15) is 0 Å². The Morgan fingerprint density at radius 1 is 1.42 bits per heavy atom. The monoisotopic (exact) mass is 187 g/mol. The summed E-state index contributed by atoms with van der Waals surface area (Å²) < 4.78 is 0. The van der Waals surface area contributed by atoms with Gasteiger partial charge >= 0.3 is 0 Å². The summed E-state index contributed by atoms with van der Waals surface area (Å²) in [6, 6.07) is 0. The smallest absolute Gasteiger partial charge is 0.0335 e.